The molecule has 0 aromatic carbocycles. The molecule has 0 unspecified atom stereocenters. The molecule has 3 N–H and O–H groups in total. The van der Waals surface area contributed by atoms with Crippen molar-refractivity contribution in [1.29, 1.82) is 0 Å². The summed E-state index contributed by atoms with van der Waals surface area (Å²) in [5.74, 6) is -2.23. The maximum Gasteiger partial charge on any atom is 0.303 e. The van der Waals surface area contributed by atoms with E-state index < -0.39 is 89.3 Å². The van der Waals surface area contributed by atoms with Crippen molar-refractivity contribution >= 4 is 29.7 Å². The highest BCUT2D eigenvalue weighted by atomic mass is 16.7. The largest absolute Gasteiger partial charge is 0.463 e. The van der Waals surface area contributed by atoms with Crippen molar-refractivity contribution in [3.05, 3.63) is 34.9 Å². The normalized spacial score (nSPS) is 32.3. The lowest BCUT2D eigenvalue weighted by atomic mass is 9.58. The van der Waals surface area contributed by atoms with Gasteiger partial charge in [0.1, 0.15) is 54.6 Å². The summed E-state index contributed by atoms with van der Waals surface area (Å²) in [6.45, 7) is 20.4. The molecule has 1 saturated heterocycles. The zero-order chi connectivity index (χ0) is 43.9. The number of rotatable bonds is 16. The minimum atomic E-state index is -1.61. The molecule has 11 atom stereocenters. The second kappa shape index (κ2) is 20.2. The molecule has 0 aromatic rings. The zero-order valence-corrected chi connectivity index (χ0v) is 36.5. The molecule has 3 rings (SSSR count). The number of allylic oxidation sites excluding steroid dienone is 3. The molecule has 3 aliphatic rings. The first-order valence-corrected chi connectivity index (χ1v) is 20.4. The topological polar surface area (TPSA) is 201 Å². The summed E-state index contributed by atoms with van der Waals surface area (Å²) in [7, 11) is 0. The van der Waals surface area contributed by atoms with Crippen LogP contribution in [0.2, 0.25) is 0 Å². The molecule has 0 bridgehead atoms. The van der Waals surface area contributed by atoms with Gasteiger partial charge in [-0.3, -0.25) is 24.0 Å². The molecule has 1 heterocycles. The lowest BCUT2D eigenvalue weighted by molar-refractivity contribution is -0.328. The van der Waals surface area contributed by atoms with Gasteiger partial charge in [0.15, 0.2) is 6.29 Å². The SMILES string of the molecule is CC(=O)OC[C@H]1O[C@@H](O[C@@H]2CC[C@@](C)(OC(C)=O)[C@H](CC/C(C)=C/C[C@H](/C=C(\C)[C@H](C[C@@H]3C(C)=CCC(=O)C3(C)C)OC(C)=O)OC(C)=O)C2(C)C)[C@H](O)[C@@H](O)[C@H]1O. The van der Waals surface area contributed by atoms with E-state index in [2.05, 4.69) is 0 Å². The molecule has 0 radical (unpaired) electrons. The Labute approximate surface area is 343 Å². The number of hydrogen-bond acceptors (Lipinski definition) is 14. The number of ketones is 1. The second-order valence-corrected chi connectivity index (χ2v) is 17.8. The van der Waals surface area contributed by atoms with Crippen LogP contribution in [0.1, 0.15) is 128 Å². The van der Waals surface area contributed by atoms with E-state index in [-0.39, 0.29) is 24.2 Å². The van der Waals surface area contributed by atoms with Crippen molar-refractivity contribution in [2.45, 2.75) is 183 Å². The van der Waals surface area contributed by atoms with Crippen LogP contribution in [-0.4, -0.2) is 106 Å². The first kappa shape index (κ1) is 48.9. The number of aliphatic hydroxyl groups excluding tert-OH is 3. The van der Waals surface area contributed by atoms with Crippen LogP contribution in [0, 0.1) is 22.7 Å². The Morgan fingerprint density at radius 1 is 0.897 bits per heavy atom. The number of aliphatic hydroxyl groups is 3. The fourth-order valence-electron chi connectivity index (χ4n) is 9.07. The van der Waals surface area contributed by atoms with Crippen LogP contribution in [0.5, 0.6) is 0 Å². The Morgan fingerprint density at radius 3 is 2.12 bits per heavy atom. The van der Waals surface area contributed by atoms with Crippen LogP contribution in [0.25, 0.3) is 0 Å². The fraction of sp³-hybridized carbons (Fsp3) is 0.750. The predicted octanol–water partition coefficient (Wildman–Crippen LogP) is 5.38. The molecule has 2 fully saturated rings. The van der Waals surface area contributed by atoms with Crippen molar-refractivity contribution in [1.82, 2.24) is 0 Å². The van der Waals surface area contributed by atoms with Crippen LogP contribution in [0.3, 0.4) is 0 Å². The van der Waals surface area contributed by atoms with Crippen molar-refractivity contribution in [3.63, 3.8) is 0 Å². The first-order chi connectivity index (χ1) is 26.8. The Hall–Kier alpha value is -3.43. The molecule has 58 heavy (non-hydrogen) atoms. The van der Waals surface area contributed by atoms with Gasteiger partial charge in [-0.1, -0.05) is 51.0 Å². The number of esters is 4. The standard InChI is InChI=1S/C44H68O14/c1-24(13-16-31(54-28(5)46)21-26(3)33(55-29(6)47)22-32-25(2)15-18-36(49)42(32,8)9)14-17-35-43(10,11)37(19-20-44(35,12)58-30(7)48)57-41-40(52)39(51)38(50)34(56-41)23-53-27(4)45/h13,15,21,31-35,37-41,50-52H,14,16-20,22-23H2,1-12H3/b24-13+,26-21+/t31-,32-,33+,34-,35-,37-,38+,39+,40-,41+,44-/m1/s1. The van der Waals surface area contributed by atoms with Crippen molar-refractivity contribution in [2.24, 2.45) is 22.7 Å². The third-order valence-corrected chi connectivity index (χ3v) is 12.5. The monoisotopic (exact) mass is 820 g/mol. The average Bonchev–Trinajstić information content (AvgIpc) is 3.10. The van der Waals surface area contributed by atoms with E-state index in [0.29, 0.717) is 50.5 Å². The van der Waals surface area contributed by atoms with Gasteiger partial charge in [0.2, 0.25) is 0 Å². The highest BCUT2D eigenvalue weighted by Gasteiger charge is 2.55. The summed E-state index contributed by atoms with van der Waals surface area (Å²) >= 11 is 0. The van der Waals surface area contributed by atoms with Gasteiger partial charge in [0.05, 0.1) is 6.10 Å². The smallest absolute Gasteiger partial charge is 0.303 e. The molecule has 14 heteroatoms. The minimum absolute atomic E-state index is 0.126. The highest BCUT2D eigenvalue weighted by molar-refractivity contribution is 5.87. The molecule has 2 aliphatic carbocycles. The summed E-state index contributed by atoms with van der Waals surface area (Å²) in [6.07, 6.45) is -0.191. The van der Waals surface area contributed by atoms with E-state index in [1.165, 1.54) is 27.7 Å². The molecular weight excluding hydrogens is 752 g/mol. The molecule has 1 aliphatic heterocycles. The van der Waals surface area contributed by atoms with E-state index in [0.717, 1.165) is 11.1 Å². The molecule has 1 saturated carbocycles. The van der Waals surface area contributed by atoms with Crippen molar-refractivity contribution < 1.29 is 67.7 Å². The minimum Gasteiger partial charge on any atom is -0.463 e. The van der Waals surface area contributed by atoms with Gasteiger partial charge >= 0.3 is 23.9 Å². The van der Waals surface area contributed by atoms with Gasteiger partial charge in [-0.25, -0.2) is 0 Å². The first-order valence-electron chi connectivity index (χ1n) is 20.4. The number of ether oxygens (including phenoxy) is 6. The molecule has 14 nitrogen and oxygen atoms in total. The summed E-state index contributed by atoms with van der Waals surface area (Å²) in [4.78, 5) is 61.2. The summed E-state index contributed by atoms with van der Waals surface area (Å²) < 4.78 is 34.7. The Balaban J connectivity index is 1.83. The maximum atomic E-state index is 12.8. The number of hydrogen-bond donors (Lipinski definition) is 3. The van der Waals surface area contributed by atoms with Gasteiger partial charge in [-0.05, 0) is 82.8 Å². The summed E-state index contributed by atoms with van der Waals surface area (Å²) in [5, 5.41) is 31.9. The highest BCUT2D eigenvalue weighted by Crippen LogP contribution is 2.52. The van der Waals surface area contributed by atoms with Crippen LogP contribution in [-0.2, 0) is 52.4 Å². The fourth-order valence-corrected chi connectivity index (χ4v) is 9.07. The van der Waals surface area contributed by atoms with E-state index >= 15 is 0 Å². The Kier molecular flexibility index (Phi) is 17.1. The second-order valence-electron chi connectivity index (χ2n) is 17.8. The van der Waals surface area contributed by atoms with Gasteiger partial charge < -0.3 is 43.7 Å². The predicted molar refractivity (Wildman–Crippen MR) is 213 cm³/mol. The Bertz CT molecular complexity index is 1590. The van der Waals surface area contributed by atoms with Gasteiger partial charge in [-0.2, -0.15) is 0 Å². The lowest BCUT2D eigenvalue weighted by Gasteiger charge is -2.54. The molecule has 0 spiro atoms. The quantitative estimate of drug-likeness (QED) is 0.102. The maximum absolute atomic E-state index is 12.8. The van der Waals surface area contributed by atoms with E-state index in [1.807, 2.05) is 67.5 Å². The van der Waals surface area contributed by atoms with Gasteiger partial charge in [-0.15, -0.1) is 0 Å². The third-order valence-electron chi connectivity index (χ3n) is 12.5. The van der Waals surface area contributed by atoms with Crippen LogP contribution in [0.4, 0.5) is 0 Å². The summed E-state index contributed by atoms with van der Waals surface area (Å²) in [5.41, 5.74) is 0.582. The Morgan fingerprint density at radius 2 is 1.53 bits per heavy atom. The van der Waals surface area contributed by atoms with E-state index in [1.54, 1.807) is 6.08 Å². The average molecular weight is 821 g/mol. The molecule has 328 valence electrons. The lowest BCUT2D eigenvalue weighted by Crippen LogP contribution is -2.62. The van der Waals surface area contributed by atoms with Gasteiger partial charge in [0.25, 0.3) is 0 Å². The van der Waals surface area contributed by atoms with Crippen molar-refractivity contribution in [3.8, 4) is 0 Å². The molecule has 0 amide bonds. The van der Waals surface area contributed by atoms with Gasteiger partial charge in [0, 0.05) is 51.9 Å². The molecular formula is C44H68O14. The molecule has 0 aromatic heterocycles. The summed E-state index contributed by atoms with van der Waals surface area (Å²) in [6, 6.07) is 0. The number of Topliss-reactive ketones (excluding diaryl/α,β-unsaturated/α-hetero) is 1. The number of carbonyl (C=O) groups is 5. The van der Waals surface area contributed by atoms with Crippen molar-refractivity contribution in [2.75, 3.05) is 6.61 Å². The third kappa shape index (κ3) is 12.5. The van der Waals surface area contributed by atoms with E-state index in [4.69, 9.17) is 28.4 Å². The number of carbonyl (C=O) groups excluding carboxylic acids is 5. The van der Waals surface area contributed by atoms with E-state index in [9.17, 15) is 39.3 Å². The zero-order valence-electron chi connectivity index (χ0n) is 36.5. The van der Waals surface area contributed by atoms with Crippen LogP contribution < -0.4 is 0 Å². The van der Waals surface area contributed by atoms with Crippen LogP contribution >= 0.6 is 0 Å². The van der Waals surface area contributed by atoms with Crippen LogP contribution in [0.15, 0.2) is 34.9 Å².